The third kappa shape index (κ3) is 3.05. The Morgan fingerprint density at radius 2 is 1.89 bits per heavy atom. The van der Waals surface area contributed by atoms with E-state index in [1.54, 1.807) is 32.0 Å². The van der Waals surface area contributed by atoms with Crippen LogP contribution in [0, 0.1) is 13.8 Å². The standard InChI is InChI=1S/C13H13ClN2O2S/c1-9-4-3-7-15-13(9)16-19(17,18)11-5-6-12(14)10(2)8-11/h3-8H,1-2H3,(H,15,16). The number of hydrogen-bond donors (Lipinski definition) is 1. The molecule has 0 aliphatic heterocycles. The molecule has 0 aliphatic rings. The molecule has 0 atom stereocenters. The topological polar surface area (TPSA) is 59.1 Å². The van der Waals surface area contributed by atoms with Crippen molar-refractivity contribution in [1.82, 2.24) is 4.98 Å². The summed E-state index contributed by atoms with van der Waals surface area (Å²) in [6.07, 6.45) is 1.54. The summed E-state index contributed by atoms with van der Waals surface area (Å²) in [7, 11) is -3.65. The zero-order chi connectivity index (χ0) is 14.0. The van der Waals surface area contributed by atoms with Crippen LogP contribution in [-0.4, -0.2) is 13.4 Å². The lowest BCUT2D eigenvalue weighted by Crippen LogP contribution is -2.14. The molecule has 0 saturated carbocycles. The van der Waals surface area contributed by atoms with Gasteiger partial charge in [-0.05, 0) is 49.2 Å². The second-order valence-electron chi connectivity index (χ2n) is 4.19. The average molecular weight is 297 g/mol. The number of anilines is 1. The van der Waals surface area contributed by atoms with Crippen molar-refractivity contribution in [3.05, 3.63) is 52.7 Å². The minimum atomic E-state index is -3.65. The van der Waals surface area contributed by atoms with Crippen molar-refractivity contribution in [2.24, 2.45) is 0 Å². The van der Waals surface area contributed by atoms with E-state index >= 15 is 0 Å². The zero-order valence-corrected chi connectivity index (χ0v) is 12.1. The van der Waals surface area contributed by atoms with Crippen LogP contribution in [0.3, 0.4) is 0 Å². The minimum Gasteiger partial charge on any atom is -0.263 e. The number of sulfonamides is 1. The van der Waals surface area contributed by atoms with E-state index in [1.807, 2.05) is 0 Å². The van der Waals surface area contributed by atoms with Crippen molar-refractivity contribution >= 4 is 27.4 Å². The molecule has 1 aromatic carbocycles. The molecule has 1 N–H and O–H groups in total. The maximum atomic E-state index is 12.2. The van der Waals surface area contributed by atoms with Crippen molar-refractivity contribution in [1.29, 1.82) is 0 Å². The number of hydrogen-bond acceptors (Lipinski definition) is 3. The summed E-state index contributed by atoms with van der Waals surface area (Å²) in [4.78, 5) is 4.18. The van der Waals surface area contributed by atoms with Gasteiger partial charge in [0.1, 0.15) is 5.82 Å². The normalized spacial score (nSPS) is 11.3. The average Bonchev–Trinajstić information content (AvgIpc) is 2.35. The van der Waals surface area contributed by atoms with E-state index in [2.05, 4.69) is 9.71 Å². The maximum Gasteiger partial charge on any atom is 0.263 e. The maximum absolute atomic E-state index is 12.2. The van der Waals surface area contributed by atoms with Crippen LogP contribution in [-0.2, 0) is 10.0 Å². The summed E-state index contributed by atoms with van der Waals surface area (Å²) in [5.74, 6) is 0.329. The molecular weight excluding hydrogens is 284 g/mol. The summed E-state index contributed by atoms with van der Waals surface area (Å²) in [5, 5.41) is 0.535. The predicted molar refractivity (Wildman–Crippen MR) is 76.0 cm³/mol. The number of nitrogens with zero attached hydrogens (tertiary/aromatic N) is 1. The highest BCUT2D eigenvalue weighted by Crippen LogP contribution is 2.21. The van der Waals surface area contributed by atoms with Crippen molar-refractivity contribution in [2.45, 2.75) is 18.7 Å². The number of rotatable bonds is 3. The zero-order valence-electron chi connectivity index (χ0n) is 10.5. The molecule has 0 saturated heterocycles. The van der Waals surface area contributed by atoms with Gasteiger partial charge in [-0.25, -0.2) is 13.4 Å². The van der Waals surface area contributed by atoms with Crippen molar-refractivity contribution < 1.29 is 8.42 Å². The quantitative estimate of drug-likeness (QED) is 0.946. The van der Waals surface area contributed by atoms with Gasteiger partial charge in [0.2, 0.25) is 0 Å². The van der Waals surface area contributed by atoms with Crippen LogP contribution in [0.15, 0.2) is 41.4 Å². The molecule has 19 heavy (non-hydrogen) atoms. The molecule has 4 nitrogen and oxygen atoms in total. The summed E-state index contributed by atoms with van der Waals surface area (Å²) < 4.78 is 26.9. The molecule has 1 aromatic heterocycles. The Bertz CT molecular complexity index is 714. The van der Waals surface area contributed by atoms with E-state index in [0.717, 1.165) is 5.56 Å². The number of aromatic nitrogens is 1. The Balaban J connectivity index is 2.38. The monoisotopic (exact) mass is 296 g/mol. The molecule has 0 spiro atoms. The third-order valence-corrected chi connectivity index (χ3v) is 4.44. The lowest BCUT2D eigenvalue weighted by molar-refractivity contribution is 0.601. The number of aryl methyl sites for hydroxylation is 2. The molecule has 2 rings (SSSR count). The third-order valence-electron chi connectivity index (χ3n) is 2.68. The van der Waals surface area contributed by atoms with Gasteiger partial charge in [-0.3, -0.25) is 4.72 Å². The Morgan fingerprint density at radius 1 is 1.16 bits per heavy atom. The summed E-state index contributed by atoms with van der Waals surface area (Å²) >= 11 is 5.89. The summed E-state index contributed by atoms with van der Waals surface area (Å²) in [6.45, 7) is 3.55. The summed E-state index contributed by atoms with van der Waals surface area (Å²) in [6, 6.07) is 8.10. The van der Waals surface area contributed by atoms with Crippen LogP contribution in [0.4, 0.5) is 5.82 Å². The first-order valence-corrected chi connectivity index (χ1v) is 7.47. The first-order chi connectivity index (χ1) is 8.90. The van der Waals surface area contributed by atoms with E-state index in [-0.39, 0.29) is 4.90 Å². The molecule has 0 bridgehead atoms. The van der Waals surface area contributed by atoms with Gasteiger partial charge in [-0.1, -0.05) is 17.7 Å². The Hall–Kier alpha value is -1.59. The van der Waals surface area contributed by atoms with Crippen LogP contribution < -0.4 is 4.72 Å². The molecule has 2 aromatic rings. The van der Waals surface area contributed by atoms with Crippen LogP contribution >= 0.6 is 11.6 Å². The van der Waals surface area contributed by atoms with Gasteiger partial charge in [-0.15, -0.1) is 0 Å². The largest absolute Gasteiger partial charge is 0.263 e. The summed E-state index contributed by atoms with van der Waals surface area (Å²) in [5.41, 5.74) is 1.47. The Morgan fingerprint density at radius 3 is 2.53 bits per heavy atom. The van der Waals surface area contributed by atoms with Gasteiger partial charge in [0.15, 0.2) is 0 Å². The second-order valence-corrected chi connectivity index (χ2v) is 6.27. The fourth-order valence-corrected chi connectivity index (χ4v) is 2.85. The lowest BCUT2D eigenvalue weighted by Gasteiger charge is -2.10. The molecule has 0 amide bonds. The highest BCUT2D eigenvalue weighted by Gasteiger charge is 2.16. The molecule has 0 unspecified atom stereocenters. The number of benzene rings is 1. The van der Waals surface area contributed by atoms with E-state index in [4.69, 9.17) is 11.6 Å². The van der Waals surface area contributed by atoms with Crippen molar-refractivity contribution in [3.63, 3.8) is 0 Å². The smallest absolute Gasteiger partial charge is 0.263 e. The SMILES string of the molecule is Cc1cc(S(=O)(=O)Nc2ncccc2C)ccc1Cl. The first kappa shape index (κ1) is 13.8. The fraction of sp³-hybridized carbons (Fsp3) is 0.154. The number of nitrogens with one attached hydrogen (secondary N) is 1. The van der Waals surface area contributed by atoms with Crippen LogP contribution in [0.25, 0.3) is 0 Å². The van der Waals surface area contributed by atoms with Gasteiger partial charge < -0.3 is 0 Å². The van der Waals surface area contributed by atoms with E-state index in [0.29, 0.717) is 16.4 Å². The number of pyridine rings is 1. The van der Waals surface area contributed by atoms with Gasteiger partial charge in [0.25, 0.3) is 10.0 Å². The molecule has 0 fully saturated rings. The van der Waals surface area contributed by atoms with Gasteiger partial charge in [-0.2, -0.15) is 0 Å². The van der Waals surface area contributed by atoms with Gasteiger partial charge >= 0.3 is 0 Å². The minimum absolute atomic E-state index is 0.166. The van der Waals surface area contributed by atoms with Crippen LogP contribution in [0.2, 0.25) is 5.02 Å². The van der Waals surface area contributed by atoms with E-state index < -0.39 is 10.0 Å². The molecule has 0 radical (unpaired) electrons. The highest BCUT2D eigenvalue weighted by molar-refractivity contribution is 7.92. The second kappa shape index (κ2) is 5.19. The first-order valence-electron chi connectivity index (χ1n) is 5.61. The van der Waals surface area contributed by atoms with Crippen LogP contribution in [0.5, 0.6) is 0 Å². The Kier molecular flexibility index (Phi) is 3.78. The van der Waals surface area contributed by atoms with E-state index in [9.17, 15) is 8.42 Å². The van der Waals surface area contributed by atoms with Crippen molar-refractivity contribution in [3.8, 4) is 0 Å². The molecule has 6 heteroatoms. The van der Waals surface area contributed by atoms with Crippen LogP contribution in [0.1, 0.15) is 11.1 Å². The molecule has 0 aliphatic carbocycles. The molecule has 100 valence electrons. The fourth-order valence-electron chi connectivity index (χ4n) is 1.56. The molecular formula is C13H13ClN2O2S. The van der Waals surface area contributed by atoms with Gasteiger partial charge in [0, 0.05) is 11.2 Å². The molecule has 1 heterocycles. The van der Waals surface area contributed by atoms with E-state index in [1.165, 1.54) is 18.3 Å². The van der Waals surface area contributed by atoms with Crippen molar-refractivity contribution in [2.75, 3.05) is 4.72 Å². The van der Waals surface area contributed by atoms with Gasteiger partial charge in [0.05, 0.1) is 4.90 Å². The number of halogens is 1. The lowest BCUT2D eigenvalue weighted by atomic mass is 10.2. The Labute approximate surface area is 117 Å². The highest BCUT2D eigenvalue weighted by atomic mass is 35.5. The predicted octanol–water partition coefficient (Wildman–Crippen LogP) is 3.15.